The summed E-state index contributed by atoms with van der Waals surface area (Å²) in [7, 11) is 0. The third-order valence-corrected chi connectivity index (χ3v) is 4.00. The van der Waals surface area contributed by atoms with Crippen molar-refractivity contribution in [3.8, 4) is 11.5 Å². The minimum Gasteiger partial charge on any atom is -0.491 e. The Hall–Kier alpha value is -2.08. The summed E-state index contributed by atoms with van der Waals surface area (Å²) in [5.74, 6) is 1.32. The molecule has 0 aliphatic heterocycles. The van der Waals surface area contributed by atoms with Crippen LogP contribution in [0.2, 0.25) is 0 Å². The molecular formula is C20H22ClFO4. The number of rotatable bonds is 10. The molecule has 2 rings (SSSR count). The highest BCUT2D eigenvalue weighted by Gasteiger charge is 2.07. The Morgan fingerprint density at radius 1 is 0.885 bits per heavy atom. The van der Waals surface area contributed by atoms with Crippen LogP contribution in [0, 0.1) is 0 Å². The second-order valence-electron chi connectivity index (χ2n) is 5.77. The van der Waals surface area contributed by atoms with Crippen LogP contribution in [0.1, 0.15) is 11.1 Å². The summed E-state index contributed by atoms with van der Waals surface area (Å²) >= 11 is 5.53. The quantitative estimate of drug-likeness (QED) is 0.620. The Bertz CT molecular complexity index is 628. The Balaban J connectivity index is 1.95. The highest BCUT2D eigenvalue weighted by molar-refractivity contribution is 6.18. The van der Waals surface area contributed by atoms with Gasteiger partial charge in [0.15, 0.2) is 0 Å². The molecule has 2 N–H and O–H groups in total. The molecule has 0 saturated heterocycles. The van der Waals surface area contributed by atoms with Gasteiger partial charge in [0.05, 0.1) is 5.88 Å². The molecular weight excluding hydrogens is 359 g/mol. The number of hydrogen-bond acceptors (Lipinski definition) is 4. The number of halogens is 2. The van der Waals surface area contributed by atoms with Crippen molar-refractivity contribution in [3.05, 3.63) is 66.2 Å². The topological polar surface area (TPSA) is 58.9 Å². The van der Waals surface area contributed by atoms with Crippen molar-refractivity contribution in [1.82, 2.24) is 0 Å². The van der Waals surface area contributed by atoms with Crippen LogP contribution in [-0.4, -0.2) is 48.2 Å². The average molecular weight is 381 g/mol. The monoisotopic (exact) mass is 380 g/mol. The molecule has 2 atom stereocenters. The minimum absolute atomic E-state index is 0.0866. The van der Waals surface area contributed by atoms with Crippen LogP contribution in [0.3, 0.4) is 0 Å². The van der Waals surface area contributed by atoms with E-state index in [2.05, 4.69) is 6.58 Å². The lowest BCUT2D eigenvalue weighted by atomic mass is 9.99. The van der Waals surface area contributed by atoms with E-state index in [1.54, 1.807) is 24.3 Å². The van der Waals surface area contributed by atoms with E-state index >= 15 is 0 Å². The van der Waals surface area contributed by atoms with Gasteiger partial charge in [0, 0.05) is 0 Å². The summed E-state index contributed by atoms with van der Waals surface area (Å²) in [6.45, 7) is 3.32. The van der Waals surface area contributed by atoms with Crippen LogP contribution < -0.4 is 9.47 Å². The van der Waals surface area contributed by atoms with E-state index in [1.807, 2.05) is 24.3 Å². The first-order valence-electron chi connectivity index (χ1n) is 8.17. The molecule has 0 fully saturated rings. The molecule has 2 aromatic rings. The van der Waals surface area contributed by atoms with Gasteiger partial charge >= 0.3 is 0 Å². The summed E-state index contributed by atoms with van der Waals surface area (Å²) in [6.07, 6.45) is -1.81. The van der Waals surface area contributed by atoms with Crippen LogP contribution >= 0.6 is 11.6 Å². The second kappa shape index (κ2) is 10.2. The Morgan fingerprint density at radius 2 is 1.31 bits per heavy atom. The molecule has 4 nitrogen and oxygen atoms in total. The van der Waals surface area contributed by atoms with Gasteiger partial charge in [-0.25, -0.2) is 4.39 Å². The Labute approximate surface area is 157 Å². The molecule has 0 unspecified atom stereocenters. The van der Waals surface area contributed by atoms with Gasteiger partial charge in [-0.3, -0.25) is 0 Å². The number of ether oxygens (including phenoxy) is 2. The highest BCUT2D eigenvalue weighted by Crippen LogP contribution is 2.25. The third kappa shape index (κ3) is 6.02. The van der Waals surface area contributed by atoms with Crippen LogP contribution in [0.25, 0.3) is 5.57 Å². The number of benzene rings is 2. The zero-order valence-corrected chi connectivity index (χ0v) is 15.0. The predicted molar refractivity (Wildman–Crippen MR) is 101 cm³/mol. The maximum Gasteiger partial charge on any atom is 0.119 e. The summed E-state index contributed by atoms with van der Waals surface area (Å²) in [5.41, 5.74) is 2.67. The number of aliphatic hydroxyl groups is 2. The first-order valence-corrected chi connectivity index (χ1v) is 8.70. The standard InChI is InChI=1S/C20H22ClFO4/c1-14(15-2-6-19(7-3-15)25-12-17(23)10-21)16-4-8-20(9-5-16)26-13-18(24)11-22/h2-9,17-18,23-24H,1,10-13H2/t17-,18+/m0/s1. The Morgan fingerprint density at radius 3 is 1.69 bits per heavy atom. The molecule has 0 aromatic heterocycles. The molecule has 0 aliphatic rings. The highest BCUT2D eigenvalue weighted by atomic mass is 35.5. The fraction of sp³-hybridized carbons (Fsp3) is 0.300. The van der Waals surface area contributed by atoms with Crippen molar-refractivity contribution in [1.29, 1.82) is 0 Å². The second-order valence-corrected chi connectivity index (χ2v) is 6.07. The first kappa shape index (κ1) is 20.2. The van der Waals surface area contributed by atoms with Gasteiger partial charge in [0.25, 0.3) is 0 Å². The summed E-state index contributed by atoms with van der Waals surface area (Å²) in [5, 5.41) is 18.6. The number of alkyl halides is 2. The lowest BCUT2D eigenvalue weighted by Gasteiger charge is -2.12. The first-order chi connectivity index (χ1) is 12.5. The molecule has 2 aromatic carbocycles. The maximum absolute atomic E-state index is 12.2. The van der Waals surface area contributed by atoms with Crippen molar-refractivity contribution in [2.75, 3.05) is 25.8 Å². The fourth-order valence-corrected chi connectivity index (χ4v) is 2.23. The largest absolute Gasteiger partial charge is 0.491 e. The fourth-order valence-electron chi connectivity index (χ4n) is 2.15. The third-order valence-electron chi connectivity index (χ3n) is 3.65. The van der Waals surface area contributed by atoms with E-state index in [4.69, 9.17) is 21.1 Å². The van der Waals surface area contributed by atoms with Gasteiger partial charge in [-0.05, 0) is 41.0 Å². The summed E-state index contributed by atoms with van der Waals surface area (Å²) in [6, 6.07) is 14.6. The van der Waals surface area contributed by atoms with E-state index in [-0.39, 0.29) is 19.1 Å². The zero-order chi connectivity index (χ0) is 18.9. The van der Waals surface area contributed by atoms with E-state index in [0.717, 1.165) is 16.7 Å². The van der Waals surface area contributed by atoms with Gasteiger partial charge < -0.3 is 19.7 Å². The van der Waals surface area contributed by atoms with Crippen LogP contribution in [0.5, 0.6) is 11.5 Å². The summed E-state index contributed by atoms with van der Waals surface area (Å²) in [4.78, 5) is 0. The van der Waals surface area contributed by atoms with Crippen molar-refractivity contribution >= 4 is 17.2 Å². The SMILES string of the molecule is C=C(c1ccc(OC[C@H](O)CF)cc1)c1ccc(OC[C@@H](O)CCl)cc1. The van der Waals surface area contributed by atoms with Gasteiger partial charge in [-0.2, -0.15) is 0 Å². The van der Waals surface area contributed by atoms with Gasteiger partial charge in [0.1, 0.15) is 43.6 Å². The predicted octanol–water partition coefficient (Wildman–Crippen LogP) is 3.44. The molecule has 0 aliphatic carbocycles. The minimum atomic E-state index is -1.11. The van der Waals surface area contributed by atoms with Gasteiger partial charge in [-0.1, -0.05) is 30.8 Å². The lowest BCUT2D eigenvalue weighted by Crippen LogP contribution is -2.19. The van der Waals surface area contributed by atoms with Crippen LogP contribution in [0.4, 0.5) is 4.39 Å². The smallest absolute Gasteiger partial charge is 0.119 e. The van der Waals surface area contributed by atoms with Crippen molar-refractivity contribution in [3.63, 3.8) is 0 Å². The average Bonchev–Trinajstić information content (AvgIpc) is 2.70. The molecule has 0 amide bonds. The summed E-state index contributed by atoms with van der Waals surface area (Å²) < 4.78 is 23.0. The van der Waals surface area contributed by atoms with Gasteiger partial charge in [-0.15, -0.1) is 11.6 Å². The van der Waals surface area contributed by atoms with Gasteiger partial charge in [0.2, 0.25) is 0 Å². The molecule has 140 valence electrons. The normalized spacial score (nSPS) is 13.1. The van der Waals surface area contributed by atoms with Crippen LogP contribution in [0.15, 0.2) is 55.1 Å². The molecule has 0 heterocycles. The number of hydrogen-bond donors (Lipinski definition) is 2. The molecule has 0 bridgehead atoms. The van der Waals surface area contributed by atoms with E-state index in [0.29, 0.717) is 11.5 Å². The van der Waals surface area contributed by atoms with E-state index < -0.39 is 18.9 Å². The van der Waals surface area contributed by atoms with Crippen molar-refractivity contribution in [2.24, 2.45) is 0 Å². The molecule has 26 heavy (non-hydrogen) atoms. The number of aliphatic hydroxyl groups excluding tert-OH is 2. The lowest BCUT2D eigenvalue weighted by molar-refractivity contribution is 0.0842. The maximum atomic E-state index is 12.2. The zero-order valence-electron chi connectivity index (χ0n) is 14.3. The molecule has 0 spiro atoms. The van der Waals surface area contributed by atoms with Crippen molar-refractivity contribution in [2.45, 2.75) is 12.2 Å². The van der Waals surface area contributed by atoms with Crippen molar-refractivity contribution < 1.29 is 24.1 Å². The molecule has 0 radical (unpaired) electrons. The Kier molecular flexibility index (Phi) is 7.91. The molecule has 0 saturated carbocycles. The van der Waals surface area contributed by atoms with Crippen LogP contribution in [-0.2, 0) is 0 Å². The molecule has 6 heteroatoms. The van der Waals surface area contributed by atoms with E-state index in [9.17, 15) is 14.6 Å². The van der Waals surface area contributed by atoms with E-state index in [1.165, 1.54) is 0 Å².